The second kappa shape index (κ2) is 8.21. The molecule has 0 heterocycles. The fraction of sp³-hybridized carbons (Fsp3) is 0.235. The van der Waals surface area contributed by atoms with Crippen LogP contribution in [-0.2, 0) is 14.8 Å². The standard InChI is InChI=1S/C17H18FN3O6S/c1-11(20(28(3,25)26)13-6-4-5-12(18)9-13)17(22)19-15-10-14(21(23)24)7-8-16(15)27-2/h4-11H,1-3H3,(H,19,22)/t11-/m1/s1. The van der Waals surface area contributed by atoms with E-state index in [2.05, 4.69) is 5.32 Å². The van der Waals surface area contributed by atoms with Crippen LogP contribution in [0.5, 0.6) is 5.75 Å². The van der Waals surface area contributed by atoms with Gasteiger partial charge in [-0.15, -0.1) is 0 Å². The lowest BCUT2D eigenvalue weighted by Gasteiger charge is -2.28. The predicted octanol–water partition coefficient (Wildman–Crippen LogP) is 2.54. The van der Waals surface area contributed by atoms with Gasteiger partial charge in [0.2, 0.25) is 15.9 Å². The van der Waals surface area contributed by atoms with Gasteiger partial charge in [-0.05, 0) is 31.2 Å². The summed E-state index contributed by atoms with van der Waals surface area (Å²) in [5.74, 6) is -1.30. The summed E-state index contributed by atoms with van der Waals surface area (Å²) in [6.07, 6.45) is 0.885. The number of amides is 1. The first-order chi connectivity index (χ1) is 13.0. The molecule has 1 amide bonds. The average molecular weight is 411 g/mol. The molecule has 0 unspecified atom stereocenters. The van der Waals surface area contributed by atoms with Crippen LogP contribution in [0.25, 0.3) is 0 Å². The fourth-order valence-electron chi connectivity index (χ4n) is 2.57. The number of nitro groups is 1. The van der Waals surface area contributed by atoms with Gasteiger partial charge < -0.3 is 10.1 Å². The van der Waals surface area contributed by atoms with Crippen molar-refractivity contribution in [3.8, 4) is 5.75 Å². The van der Waals surface area contributed by atoms with Crippen LogP contribution in [0.15, 0.2) is 42.5 Å². The Hall–Kier alpha value is -3.21. The Balaban J connectivity index is 2.39. The molecule has 2 rings (SSSR count). The zero-order valence-electron chi connectivity index (χ0n) is 15.2. The van der Waals surface area contributed by atoms with Crippen molar-refractivity contribution < 1.29 is 27.3 Å². The minimum Gasteiger partial charge on any atom is -0.495 e. The third kappa shape index (κ3) is 4.74. The maximum atomic E-state index is 13.5. The summed E-state index contributed by atoms with van der Waals surface area (Å²) in [7, 11) is -2.63. The predicted molar refractivity (Wildman–Crippen MR) is 101 cm³/mol. The molecule has 150 valence electrons. The van der Waals surface area contributed by atoms with Crippen LogP contribution in [0.3, 0.4) is 0 Å². The van der Waals surface area contributed by atoms with Crippen molar-refractivity contribution in [2.75, 3.05) is 23.0 Å². The molecule has 9 nitrogen and oxygen atoms in total. The molecule has 28 heavy (non-hydrogen) atoms. The second-order valence-corrected chi connectivity index (χ2v) is 7.71. The van der Waals surface area contributed by atoms with Crippen molar-refractivity contribution in [1.29, 1.82) is 0 Å². The van der Waals surface area contributed by atoms with E-state index in [0.717, 1.165) is 28.8 Å². The molecule has 0 saturated carbocycles. The van der Waals surface area contributed by atoms with Gasteiger partial charge in [0.25, 0.3) is 5.69 Å². The first kappa shape index (κ1) is 21.1. The summed E-state index contributed by atoms with van der Waals surface area (Å²) < 4.78 is 43.8. The van der Waals surface area contributed by atoms with Gasteiger partial charge in [0.05, 0.1) is 29.7 Å². The van der Waals surface area contributed by atoms with Crippen molar-refractivity contribution >= 4 is 33.0 Å². The molecular formula is C17H18FN3O6S. The van der Waals surface area contributed by atoms with Gasteiger partial charge in [0, 0.05) is 12.1 Å². The first-order valence-corrected chi connectivity index (χ1v) is 9.77. The number of nitrogens with zero attached hydrogens (tertiary/aromatic N) is 2. The smallest absolute Gasteiger partial charge is 0.271 e. The number of rotatable bonds is 7. The number of carbonyl (C=O) groups excluding carboxylic acids is 1. The van der Waals surface area contributed by atoms with Crippen LogP contribution in [0.4, 0.5) is 21.5 Å². The maximum absolute atomic E-state index is 13.5. The highest BCUT2D eigenvalue weighted by atomic mass is 32.2. The molecule has 1 atom stereocenters. The lowest BCUT2D eigenvalue weighted by Crippen LogP contribution is -2.45. The van der Waals surface area contributed by atoms with Gasteiger partial charge in [0.1, 0.15) is 17.6 Å². The number of halogens is 1. The van der Waals surface area contributed by atoms with E-state index in [0.29, 0.717) is 0 Å². The molecule has 2 aromatic rings. The molecule has 0 aliphatic heterocycles. The van der Waals surface area contributed by atoms with Crippen molar-refractivity contribution in [3.63, 3.8) is 0 Å². The van der Waals surface area contributed by atoms with Crippen molar-refractivity contribution in [2.45, 2.75) is 13.0 Å². The quantitative estimate of drug-likeness (QED) is 0.552. The average Bonchev–Trinajstić information content (AvgIpc) is 2.60. The number of anilines is 2. The Bertz CT molecular complexity index is 1010. The number of nitrogens with one attached hydrogen (secondary N) is 1. The summed E-state index contributed by atoms with van der Waals surface area (Å²) >= 11 is 0. The van der Waals surface area contributed by atoms with E-state index in [1.807, 2.05) is 0 Å². The number of non-ortho nitro benzene ring substituents is 1. The number of benzene rings is 2. The van der Waals surface area contributed by atoms with Gasteiger partial charge in [-0.2, -0.15) is 0 Å². The topological polar surface area (TPSA) is 119 Å². The highest BCUT2D eigenvalue weighted by Gasteiger charge is 2.30. The Morgan fingerprint density at radius 1 is 1.29 bits per heavy atom. The Labute approximate surface area is 160 Å². The number of nitro benzene ring substituents is 1. The fourth-order valence-corrected chi connectivity index (χ4v) is 3.73. The third-order valence-electron chi connectivity index (χ3n) is 3.80. The summed E-state index contributed by atoms with van der Waals surface area (Å²) in [5, 5.41) is 13.4. The van der Waals surface area contributed by atoms with Gasteiger partial charge in [-0.25, -0.2) is 12.8 Å². The molecule has 2 aromatic carbocycles. The summed E-state index contributed by atoms with van der Waals surface area (Å²) in [6, 6.07) is 7.12. The van der Waals surface area contributed by atoms with E-state index in [1.54, 1.807) is 0 Å². The van der Waals surface area contributed by atoms with Crippen LogP contribution < -0.4 is 14.4 Å². The lowest BCUT2D eigenvalue weighted by atomic mass is 10.2. The number of carbonyl (C=O) groups is 1. The number of hydrogen-bond acceptors (Lipinski definition) is 6. The maximum Gasteiger partial charge on any atom is 0.271 e. The molecule has 0 aromatic heterocycles. The van der Waals surface area contributed by atoms with Crippen LogP contribution >= 0.6 is 0 Å². The zero-order chi connectivity index (χ0) is 21.1. The van der Waals surface area contributed by atoms with Crippen molar-refractivity contribution in [3.05, 3.63) is 58.4 Å². The second-order valence-electron chi connectivity index (χ2n) is 5.85. The molecular weight excluding hydrogens is 393 g/mol. The highest BCUT2D eigenvalue weighted by Crippen LogP contribution is 2.30. The van der Waals surface area contributed by atoms with Crippen LogP contribution in [-0.4, -0.2) is 38.7 Å². The van der Waals surface area contributed by atoms with Crippen LogP contribution in [0.1, 0.15) is 6.92 Å². The minimum absolute atomic E-state index is 0.00115. The number of ether oxygens (including phenoxy) is 1. The molecule has 1 N–H and O–H groups in total. The minimum atomic E-state index is -3.94. The first-order valence-electron chi connectivity index (χ1n) is 7.93. The van der Waals surface area contributed by atoms with E-state index in [9.17, 15) is 27.7 Å². The molecule has 0 fully saturated rings. The SMILES string of the molecule is COc1ccc([N+](=O)[O-])cc1NC(=O)[C@@H](C)N(c1cccc(F)c1)S(C)(=O)=O. The normalized spacial score (nSPS) is 12.1. The van der Waals surface area contributed by atoms with Gasteiger partial charge >= 0.3 is 0 Å². The Kier molecular flexibility index (Phi) is 6.19. The largest absolute Gasteiger partial charge is 0.495 e. The third-order valence-corrected chi connectivity index (χ3v) is 5.04. The number of hydrogen-bond donors (Lipinski definition) is 1. The van der Waals surface area contributed by atoms with E-state index in [1.165, 1.54) is 38.3 Å². The van der Waals surface area contributed by atoms with E-state index >= 15 is 0 Å². The molecule has 11 heteroatoms. The summed E-state index contributed by atoms with van der Waals surface area (Å²) in [5.41, 5.74) is -0.314. The molecule has 0 saturated heterocycles. The van der Waals surface area contributed by atoms with E-state index in [-0.39, 0.29) is 22.8 Å². The van der Waals surface area contributed by atoms with Gasteiger partial charge in [0.15, 0.2) is 0 Å². The van der Waals surface area contributed by atoms with E-state index in [4.69, 9.17) is 4.74 Å². The molecule has 0 spiro atoms. The van der Waals surface area contributed by atoms with Gasteiger partial charge in [-0.1, -0.05) is 6.07 Å². The number of sulfonamides is 1. The summed E-state index contributed by atoms with van der Waals surface area (Å²) in [4.78, 5) is 23.0. The number of methoxy groups -OCH3 is 1. The Morgan fingerprint density at radius 3 is 2.50 bits per heavy atom. The zero-order valence-corrected chi connectivity index (χ0v) is 16.1. The molecule has 0 aliphatic rings. The molecule has 0 bridgehead atoms. The molecule has 0 radical (unpaired) electrons. The van der Waals surface area contributed by atoms with Crippen molar-refractivity contribution in [1.82, 2.24) is 0 Å². The highest BCUT2D eigenvalue weighted by molar-refractivity contribution is 7.92. The molecule has 0 aliphatic carbocycles. The van der Waals surface area contributed by atoms with Crippen molar-refractivity contribution in [2.24, 2.45) is 0 Å². The van der Waals surface area contributed by atoms with Crippen LogP contribution in [0, 0.1) is 15.9 Å². The monoisotopic (exact) mass is 411 g/mol. The van der Waals surface area contributed by atoms with Crippen LogP contribution in [0.2, 0.25) is 0 Å². The Morgan fingerprint density at radius 2 is 1.96 bits per heavy atom. The van der Waals surface area contributed by atoms with E-state index < -0.39 is 32.7 Å². The van der Waals surface area contributed by atoms with Gasteiger partial charge in [-0.3, -0.25) is 19.2 Å². The lowest BCUT2D eigenvalue weighted by molar-refractivity contribution is -0.384. The summed E-state index contributed by atoms with van der Waals surface area (Å²) in [6.45, 7) is 1.31.